The Morgan fingerprint density at radius 2 is 2.12 bits per heavy atom. The van der Waals surface area contributed by atoms with Gasteiger partial charge in [-0.2, -0.15) is 0 Å². The van der Waals surface area contributed by atoms with Gasteiger partial charge in [-0.15, -0.1) is 0 Å². The zero-order valence-corrected chi connectivity index (χ0v) is 9.80. The zero-order valence-electron chi connectivity index (χ0n) is 9.80. The number of aryl methyl sites for hydroxylation is 1. The Hall–Kier alpha value is -1.35. The van der Waals surface area contributed by atoms with E-state index in [-0.39, 0.29) is 5.91 Å². The maximum Gasteiger partial charge on any atom is 0.249 e. The van der Waals surface area contributed by atoms with Crippen molar-refractivity contribution in [1.82, 2.24) is 5.32 Å². The molecule has 17 heavy (non-hydrogen) atoms. The van der Waals surface area contributed by atoms with E-state index in [4.69, 9.17) is 0 Å². The Balaban J connectivity index is 1.65. The first-order valence-electron chi connectivity index (χ1n) is 6.11. The van der Waals surface area contributed by atoms with E-state index >= 15 is 0 Å². The van der Waals surface area contributed by atoms with Crippen molar-refractivity contribution >= 4 is 5.91 Å². The molecule has 0 spiro atoms. The quantitative estimate of drug-likeness (QED) is 0.780. The first-order valence-corrected chi connectivity index (χ1v) is 6.11. The lowest BCUT2D eigenvalue weighted by atomic mass is 10.1. The lowest BCUT2D eigenvalue weighted by Gasteiger charge is -2.10. The highest BCUT2D eigenvalue weighted by Gasteiger charge is 2.26. The van der Waals surface area contributed by atoms with E-state index in [0.29, 0.717) is 12.5 Å². The Labute approximate surface area is 102 Å². The number of carbonyl (C=O) groups is 1. The van der Waals surface area contributed by atoms with Gasteiger partial charge in [0, 0.05) is 6.04 Å². The van der Waals surface area contributed by atoms with Crippen molar-refractivity contribution in [3.8, 4) is 0 Å². The molecule has 2 rings (SSSR count). The summed E-state index contributed by atoms with van der Waals surface area (Å²) in [6.45, 7) is 0. The molecular weight excluding hydrogens is 214 g/mol. The Kier molecular flexibility index (Phi) is 4.15. The van der Waals surface area contributed by atoms with Gasteiger partial charge in [0.2, 0.25) is 5.91 Å². The standard InChI is InChI=1S/C14H18NO2/c16-13(14(17)15-12-9-10-12)8-4-7-11-5-2-1-3-6-11/h1-3,5-6,8,12-13,16H,4,7,9-10H2,(H,15,17)/t13-/m0/s1. The van der Waals surface area contributed by atoms with Gasteiger partial charge >= 0.3 is 0 Å². The molecule has 0 heterocycles. The van der Waals surface area contributed by atoms with E-state index in [1.54, 1.807) is 6.42 Å². The Bertz CT molecular complexity index is 360. The zero-order chi connectivity index (χ0) is 12.1. The summed E-state index contributed by atoms with van der Waals surface area (Å²) < 4.78 is 0. The third kappa shape index (κ3) is 4.19. The molecule has 2 N–H and O–H groups in total. The number of carbonyl (C=O) groups excluding carboxylic acids is 1. The van der Waals surface area contributed by atoms with Crippen LogP contribution in [0.15, 0.2) is 30.3 Å². The fourth-order valence-corrected chi connectivity index (χ4v) is 1.67. The molecule has 1 fully saturated rings. The highest BCUT2D eigenvalue weighted by Crippen LogP contribution is 2.18. The number of rotatable bonds is 6. The predicted molar refractivity (Wildman–Crippen MR) is 66.2 cm³/mol. The van der Waals surface area contributed by atoms with Crippen LogP contribution in [-0.4, -0.2) is 23.2 Å². The van der Waals surface area contributed by atoms with E-state index in [1.807, 2.05) is 30.3 Å². The number of benzene rings is 1. The molecule has 1 aromatic rings. The van der Waals surface area contributed by atoms with Gasteiger partial charge in [-0.25, -0.2) is 0 Å². The second kappa shape index (κ2) is 5.82. The summed E-state index contributed by atoms with van der Waals surface area (Å²) >= 11 is 0. The summed E-state index contributed by atoms with van der Waals surface area (Å²) in [5.41, 5.74) is 1.22. The number of hydrogen-bond donors (Lipinski definition) is 2. The number of amides is 1. The molecule has 0 unspecified atom stereocenters. The largest absolute Gasteiger partial charge is 0.383 e. The van der Waals surface area contributed by atoms with Gasteiger partial charge < -0.3 is 10.4 Å². The third-order valence-corrected chi connectivity index (χ3v) is 2.86. The van der Waals surface area contributed by atoms with Gasteiger partial charge in [0.05, 0.1) is 0 Å². The molecule has 1 radical (unpaired) electrons. The summed E-state index contributed by atoms with van der Waals surface area (Å²) in [4.78, 5) is 11.4. The van der Waals surface area contributed by atoms with Crippen LogP contribution in [0.2, 0.25) is 0 Å². The number of aliphatic hydroxyl groups excluding tert-OH is 1. The predicted octanol–water partition coefficient (Wildman–Crippen LogP) is 1.46. The van der Waals surface area contributed by atoms with Crippen molar-refractivity contribution in [2.45, 2.75) is 37.8 Å². The molecule has 0 bridgehead atoms. The van der Waals surface area contributed by atoms with Gasteiger partial charge in [0.1, 0.15) is 6.10 Å². The van der Waals surface area contributed by atoms with Crippen molar-refractivity contribution < 1.29 is 9.90 Å². The van der Waals surface area contributed by atoms with Gasteiger partial charge in [0.25, 0.3) is 0 Å². The van der Waals surface area contributed by atoms with Crippen LogP contribution in [0.4, 0.5) is 0 Å². The van der Waals surface area contributed by atoms with Gasteiger partial charge in [-0.05, 0) is 37.7 Å². The average molecular weight is 232 g/mol. The monoisotopic (exact) mass is 232 g/mol. The number of hydrogen-bond acceptors (Lipinski definition) is 2. The van der Waals surface area contributed by atoms with Crippen LogP contribution in [0.3, 0.4) is 0 Å². The van der Waals surface area contributed by atoms with Gasteiger partial charge in [-0.3, -0.25) is 4.79 Å². The number of aliphatic hydroxyl groups is 1. The maximum atomic E-state index is 11.4. The summed E-state index contributed by atoms with van der Waals surface area (Å²) in [6, 6.07) is 10.4. The van der Waals surface area contributed by atoms with Gasteiger partial charge in [0.15, 0.2) is 0 Å². The fraction of sp³-hybridized carbons (Fsp3) is 0.429. The molecule has 1 aliphatic rings. The first kappa shape index (κ1) is 12.1. The Morgan fingerprint density at radius 3 is 2.76 bits per heavy atom. The van der Waals surface area contributed by atoms with E-state index in [2.05, 4.69) is 5.32 Å². The van der Waals surface area contributed by atoms with E-state index < -0.39 is 6.10 Å². The van der Waals surface area contributed by atoms with Crippen LogP contribution in [0.25, 0.3) is 0 Å². The summed E-state index contributed by atoms with van der Waals surface area (Å²) in [6.07, 6.45) is 4.35. The molecule has 1 saturated carbocycles. The normalized spacial score (nSPS) is 16.5. The minimum Gasteiger partial charge on any atom is -0.383 e. The lowest BCUT2D eigenvalue weighted by Crippen LogP contribution is -2.36. The van der Waals surface area contributed by atoms with Crippen LogP contribution in [-0.2, 0) is 11.2 Å². The van der Waals surface area contributed by atoms with Crippen molar-refractivity contribution in [2.24, 2.45) is 0 Å². The molecule has 91 valence electrons. The van der Waals surface area contributed by atoms with Crippen LogP contribution >= 0.6 is 0 Å². The molecule has 0 aliphatic heterocycles. The summed E-state index contributed by atoms with van der Waals surface area (Å²) in [5.74, 6) is -0.263. The van der Waals surface area contributed by atoms with E-state index in [1.165, 1.54) is 5.56 Å². The lowest BCUT2D eigenvalue weighted by molar-refractivity contribution is -0.128. The smallest absolute Gasteiger partial charge is 0.249 e. The molecule has 0 saturated heterocycles. The highest BCUT2D eigenvalue weighted by atomic mass is 16.3. The second-order valence-corrected chi connectivity index (χ2v) is 4.49. The third-order valence-electron chi connectivity index (χ3n) is 2.86. The second-order valence-electron chi connectivity index (χ2n) is 4.49. The molecule has 0 aromatic heterocycles. The van der Waals surface area contributed by atoms with E-state index in [0.717, 1.165) is 19.3 Å². The summed E-state index contributed by atoms with van der Waals surface area (Å²) in [7, 11) is 0. The molecule has 3 heteroatoms. The topological polar surface area (TPSA) is 49.3 Å². The van der Waals surface area contributed by atoms with Crippen molar-refractivity contribution in [3.63, 3.8) is 0 Å². The molecular formula is C14H18NO2. The highest BCUT2D eigenvalue weighted by molar-refractivity contribution is 5.82. The Morgan fingerprint density at radius 1 is 1.41 bits per heavy atom. The molecule has 1 aliphatic carbocycles. The molecule has 3 nitrogen and oxygen atoms in total. The summed E-state index contributed by atoms with van der Waals surface area (Å²) in [5, 5.41) is 12.4. The van der Waals surface area contributed by atoms with Crippen molar-refractivity contribution in [1.29, 1.82) is 0 Å². The first-order chi connectivity index (χ1) is 8.25. The maximum absolute atomic E-state index is 11.4. The van der Waals surface area contributed by atoms with Crippen molar-refractivity contribution in [2.75, 3.05) is 0 Å². The fourth-order valence-electron chi connectivity index (χ4n) is 1.67. The average Bonchev–Trinajstić information content (AvgIpc) is 3.14. The van der Waals surface area contributed by atoms with Crippen molar-refractivity contribution in [3.05, 3.63) is 42.3 Å². The van der Waals surface area contributed by atoms with Crippen LogP contribution in [0.5, 0.6) is 0 Å². The molecule has 1 atom stereocenters. The molecule has 1 aromatic carbocycles. The van der Waals surface area contributed by atoms with Crippen LogP contribution in [0.1, 0.15) is 24.8 Å². The van der Waals surface area contributed by atoms with Gasteiger partial charge in [-0.1, -0.05) is 30.3 Å². The number of nitrogens with one attached hydrogen (secondary N) is 1. The van der Waals surface area contributed by atoms with E-state index in [9.17, 15) is 9.90 Å². The minimum absolute atomic E-state index is 0.263. The van der Waals surface area contributed by atoms with Crippen LogP contribution < -0.4 is 5.32 Å². The van der Waals surface area contributed by atoms with Crippen LogP contribution in [0, 0.1) is 6.42 Å². The SMILES string of the molecule is O=C(NC1CC1)[C@@H](O)[CH]CCc1ccccc1. The molecule has 1 amide bonds. The minimum atomic E-state index is -0.973.